The van der Waals surface area contributed by atoms with Crippen LogP contribution >= 0.6 is 0 Å². The van der Waals surface area contributed by atoms with Gasteiger partial charge in [0.25, 0.3) is 0 Å². The van der Waals surface area contributed by atoms with E-state index >= 15 is 0 Å². The Morgan fingerprint density at radius 2 is 1.44 bits per heavy atom. The van der Waals surface area contributed by atoms with Crippen LogP contribution in [0.5, 0.6) is 0 Å². The zero-order valence-electron chi connectivity index (χ0n) is 9.88. The van der Waals surface area contributed by atoms with Crippen molar-refractivity contribution in [2.45, 2.75) is 4.22 Å². The number of aliphatic hydroxyl groups is 3. The van der Waals surface area contributed by atoms with E-state index in [1.165, 1.54) is 11.1 Å². The first-order chi connectivity index (χ1) is 7.88. The third-order valence-corrected chi connectivity index (χ3v) is 2.59. The molecule has 0 fully saturated rings. The number of rotatable bonds is 0. The molecule has 0 radical (unpaired) electrons. The average molecular weight is 259 g/mol. The van der Waals surface area contributed by atoms with Gasteiger partial charge in [-0.15, -0.1) is 0 Å². The van der Waals surface area contributed by atoms with Crippen molar-refractivity contribution in [3.63, 3.8) is 0 Å². The Morgan fingerprint density at radius 3 is 1.94 bits per heavy atom. The zero-order valence-corrected chi connectivity index (χ0v) is 11.4. The van der Waals surface area contributed by atoms with Gasteiger partial charge in [-0.3, -0.25) is 0 Å². The summed E-state index contributed by atoms with van der Waals surface area (Å²) in [6, 6.07) is 8.54. The van der Waals surface area contributed by atoms with Crippen molar-refractivity contribution >= 4 is 6.08 Å². The summed E-state index contributed by atoms with van der Waals surface area (Å²) >= 11 is 2.22. The van der Waals surface area contributed by atoms with E-state index in [9.17, 15) is 0 Å². The van der Waals surface area contributed by atoms with E-state index in [1.54, 1.807) is 0 Å². The Labute approximate surface area is 109 Å². The minimum atomic E-state index is 0.621. The molecule has 1 aromatic rings. The molecule has 0 aromatic heterocycles. The molecule has 4 heteroatoms. The minimum absolute atomic E-state index is 0.621. The van der Waals surface area contributed by atoms with Gasteiger partial charge in [0.15, 0.2) is 0 Å². The van der Waals surface area contributed by atoms with Crippen LogP contribution in [0.25, 0.3) is 6.08 Å². The first kappa shape index (κ1) is 17.9. The zero-order chi connectivity index (χ0) is 13.0. The van der Waals surface area contributed by atoms with Gasteiger partial charge in [-0.1, -0.05) is 0 Å². The fourth-order valence-electron chi connectivity index (χ4n) is 1.25. The standard InChI is InChI=1S/C9H7.3CH4O.Ti/c1-2-5-9-7-3-6-8(9)4-1;3*1-2;/h1-7H;3*2H,1H3;. The fraction of sp³-hybridized carbons (Fsp3) is 0.333. The van der Waals surface area contributed by atoms with Crippen molar-refractivity contribution in [2.24, 2.45) is 0 Å². The van der Waals surface area contributed by atoms with Gasteiger partial charge in [-0.2, -0.15) is 0 Å². The predicted molar refractivity (Wildman–Crippen MR) is 62.6 cm³/mol. The molecule has 3 nitrogen and oxygen atoms in total. The van der Waals surface area contributed by atoms with E-state index in [0.717, 1.165) is 21.3 Å². The number of benzene rings is 1. The maximum absolute atomic E-state index is 7.00. The molecule has 0 spiro atoms. The number of hydrogen-bond acceptors (Lipinski definition) is 3. The van der Waals surface area contributed by atoms with Gasteiger partial charge in [-0.05, 0) is 0 Å². The van der Waals surface area contributed by atoms with Crippen molar-refractivity contribution in [1.29, 1.82) is 0 Å². The van der Waals surface area contributed by atoms with Gasteiger partial charge < -0.3 is 15.3 Å². The summed E-state index contributed by atoms with van der Waals surface area (Å²) in [5.41, 5.74) is 2.84. The Hall–Kier alpha value is -0.446. The summed E-state index contributed by atoms with van der Waals surface area (Å²) in [6.07, 6.45) is 4.44. The van der Waals surface area contributed by atoms with Gasteiger partial charge in [-0.25, -0.2) is 0 Å². The van der Waals surface area contributed by atoms with Gasteiger partial charge >= 0.3 is 72.2 Å². The van der Waals surface area contributed by atoms with E-state index in [1.807, 2.05) is 0 Å². The number of aliphatic hydroxyl groups excluding tert-OH is 3. The van der Waals surface area contributed by atoms with Crippen LogP contribution in [0.3, 0.4) is 0 Å². The SMILES string of the molecule is CO.CO.CO.[Ti][CH]1C=Cc2ccccc21. The molecule has 89 valence electrons. The molecule has 0 amide bonds. The van der Waals surface area contributed by atoms with E-state index < -0.39 is 0 Å². The molecule has 1 unspecified atom stereocenters. The van der Waals surface area contributed by atoms with Gasteiger partial charge in [0.2, 0.25) is 0 Å². The summed E-state index contributed by atoms with van der Waals surface area (Å²) in [5, 5.41) is 21.0. The Bertz CT molecular complexity index is 287. The van der Waals surface area contributed by atoms with E-state index in [-0.39, 0.29) is 0 Å². The van der Waals surface area contributed by atoms with Crippen LogP contribution in [-0.2, 0) is 20.4 Å². The van der Waals surface area contributed by atoms with Gasteiger partial charge in [0.05, 0.1) is 0 Å². The maximum atomic E-state index is 7.00. The summed E-state index contributed by atoms with van der Waals surface area (Å²) in [7, 11) is 3.00. The van der Waals surface area contributed by atoms with Crippen molar-refractivity contribution < 1.29 is 35.8 Å². The summed E-state index contributed by atoms with van der Waals surface area (Å²) in [5.74, 6) is 0. The van der Waals surface area contributed by atoms with Crippen LogP contribution in [-0.4, -0.2) is 36.6 Å². The second-order valence-electron chi connectivity index (χ2n) is 2.47. The van der Waals surface area contributed by atoms with Crippen molar-refractivity contribution in [3.8, 4) is 0 Å². The van der Waals surface area contributed by atoms with Crippen molar-refractivity contribution in [2.75, 3.05) is 21.3 Å². The first-order valence-electron chi connectivity index (χ1n) is 4.70. The van der Waals surface area contributed by atoms with E-state index in [0.29, 0.717) is 4.22 Å². The molecular weight excluding hydrogens is 240 g/mol. The van der Waals surface area contributed by atoms with Crippen LogP contribution in [0.2, 0.25) is 0 Å². The van der Waals surface area contributed by atoms with Crippen molar-refractivity contribution in [3.05, 3.63) is 41.5 Å². The Kier molecular flexibility index (Phi) is 14.1. The molecule has 16 heavy (non-hydrogen) atoms. The summed E-state index contributed by atoms with van der Waals surface area (Å²) < 4.78 is 0.621. The number of allylic oxidation sites excluding steroid dienone is 1. The van der Waals surface area contributed by atoms with Gasteiger partial charge in [0, 0.05) is 21.3 Å². The van der Waals surface area contributed by atoms with Crippen LogP contribution in [0.1, 0.15) is 15.3 Å². The average Bonchev–Trinajstić information content (AvgIpc) is 2.79. The molecule has 1 atom stereocenters. The molecule has 0 saturated heterocycles. The van der Waals surface area contributed by atoms with E-state index in [4.69, 9.17) is 15.3 Å². The number of fused-ring (bicyclic) bond motifs is 1. The molecular formula is C12H19O3Ti. The Balaban J connectivity index is 0. The monoisotopic (exact) mass is 259 g/mol. The second kappa shape index (κ2) is 12.6. The van der Waals surface area contributed by atoms with Crippen molar-refractivity contribution in [1.82, 2.24) is 0 Å². The topological polar surface area (TPSA) is 60.7 Å². The Morgan fingerprint density at radius 1 is 0.938 bits per heavy atom. The molecule has 1 aliphatic carbocycles. The van der Waals surface area contributed by atoms with E-state index in [2.05, 4.69) is 56.9 Å². The van der Waals surface area contributed by atoms with Crippen LogP contribution in [0.4, 0.5) is 0 Å². The third kappa shape index (κ3) is 5.59. The molecule has 1 aliphatic rings. The number of hydrogen-bond donors (Lipinski definition) is 3. The molecule has 0 aliphatic heterocycles. The molecule has 0 saturated carbocycles. The normalized spacial score (nSPS) is 14.2. The molecule has 0 heterocycles. The van der Waals surface area contributed by atoms with Crippen LogP contribution < -0.4 is 0 Å². The summed E-state index contributed by atoms with van der Waals surface area (Å²) in [4.78, 5) is 0. The fourth-order valence-corrected chi connectivity index (χ4v) is 1.81. The molecule has 2 rings (SSSR count). The van der Waals surface area contributed by atoms with Crippen LogP contribution in [0.15, 0.2) is 30.3 Å². The van der Waals surface area contributed by atoms with Crippen LogP contribution in [0, 0.1) is 0 Å². The predicted octanol–water partition coefficient (Wildman–Crippen LogP) is 1.13. The quantitative estimate of drug-likeness (QED) is 0.612. The van der Waals surface area contributed by atoms with Gasteiger partial charge in [0.1, 0.15) is 0 Å². The molecule has 0 bridgehead atoms. The third-order valence-electron chi connectivity index (χ3n) is 1.80. The first-order valence-corrected chi connectivity index (χ1v) is 5.60. The molecule has 1 aromatic carbocycles. The summed E-state index contributed by atoms with van der Waals surface area (Å²) in [6.45, 7) is 0. The molecule has 3 N–H and O–H groups in total. The second-order valence-corrected chi connectivity index (χ2v) is 3.44.